The molecule has 1 aromatic rings. The normalized spacial score (nSPS) is 13.0. The molecule has 0 aliphatic heterocycles. The summed E-state index contributed by atoms with van der Waals surface area (Å²) < 4.78 is 0. The fraction of sp³-hybridized carbons (Fsp3) is 0.357. The molecule has 1 amide bonds. The number of nitrogens with two attached hydrogens (primary N) is 2. The lowest BCUT2D eigenvalue weighted by atomic mass is 10.1. The summed E-state index contributed by atoms with van der Waals surface area (Å²) in [5.74, 6) is -4.00. The lowest BCUT2D eigenvalue weighted by molar-refractivity contribution is -0.138. The van der Waals surface area contributed by atoms with Crippen LogP contribution in [0.3, 0.4) is 0 Å². The molecular weight excluding hydrogens is 354 g/mol. The monoisotopic (exact) mass is 373 g/mol. The number of aliphatic carboxylic acids is 2. The van der Waals surface area contributed by atoms with Crippen LogP contribution in [-0.4, -0.2) is 62.7 Å². The zero-order chi connectivity index (χ0) is 19.1. The van der Waals surface area contributed by atoms with E-state index < -0.39 is 48.0 Å². The molecule has 9 N–H and O–H groups in total. The van der Waals surface area contributed by atoms with E-state index in [9.17, 15) is 24.6 Å². The van der Waals surface area contributed by atoms with Gasteiger partial charge >= 0.3 is 11.9 Å². The van der Waals surface area contributed by atoms with Crippen LogP contribution in [0.5, 0.6) is 11.5 Å². The van der Waals surface area contributed by atoms with E-state index in [2.05, 4.69) is 5.32 Å². The van der Waals surface area contributed by atoms with Gasteiger partial charge in [0.25, 0.3) is 0 Å². The van der Waals surface area contributed by atoms with Gasteiger partial charge in [-0.2, -0.15) is 0 Å². The zero-order valence-electron chi connectivity index (χ0n) is 13.0. The number of amides is 1. The van der Waals surface area contributed by atoms with Crippen molar-refractivity contribution in [2.24, 2.45) is 11.5 Å². The summed E-state index contributed by atoms with van der Waals surface area (Å²) in [5.41, 5.74) is 11.5. The van der Waals surface area contributed by atoms with Crippen molar-refractivity contribution in [1.82, 2.24) is 5.32 Å². The largest absolute Gasteiger partial charge is 0.504 e. The number of phenolic OH excluding ortho intramolecular Hbond substituents is 2. The molecule has 10 nitrogen and oxygen atoms in total. The number of carbonyl (C=O) groups is 3. The van der Waals surface area contributed by atoms with Crippen LogP contribution in [0.4, 0.5) is 0 Å². The van der Waals surface area contributed by atoms with Crippen molar-refractivity contribution in [2.45, 2.75) is 23.4 Å². The quantitative estimate of drug-likeness (QED) is 0.201. The molecule has 1 aromatic carbocycles. The minimum atomic E-state index is -1.21. The Bertz CT molecular complexity index is 668. The van der Waals surface area contributed by atoms with Crippen LogP contribution in [0.1, 0.15) is 5.56 Å². The van der Waals surface area contributed by atoms with E-state index in [1.54, 1.807) is 0 Å². The second kappa shape index (κ2) is 9.11. The average Bonchev–Trinajstić information content (AvgIpc) is 2.53. The van der Waals surface area contributed by atoms with Crippen LogP contribution in [-0.2, 0) is 20.8 Å². The summed E-state index contributed by atoms with van der Waals surface area (Å²) in [4.78, 5) is 33.0. The van der Waals surface area contributed by atoms with Crippen LogP contribution in [0, 0.1) is 0 Å². The van der Waals surface area contributed by atoms with Crippen molar-refractivity contribution in [1.29, 1.82) is 0 Å². The van der Waals surface area contributed by atoms with Gasteiger partial charge in [-0.1, -0.05) is 0 Å². The fourth-order valence-electron chi connectivity index (χ4n) is 1.77. The molecule has 1 rings (SSSR count). The maximum absolute atomic E-state index is 11.6. The van der Waals surface area contributed by atoms with Crippen molar-refractivity contribution < 1.29 is 34.8 Å². The number of carboxylic acids is 2. The van der Waals surface area contributed by atoms with Crippen molar-refractivity contribution in [3.8, 4) is 11.5 Å². The third-order valence-electron chi connectivity index (χ3n) is 3.06. The molecule has 0 spiro atoms. The van der Waals surface area contributed by atoms with Gasteiger partial charge in [-0.05, 0) is 24.1 Å². The molecule has 0 radical (unpaired) electrons. The maximum atomic E-state index is 11.6. The van der Waals surface area contributed by atoms with Crippen molar-refractivity contribution in [3.05, 3.63) is 17.7 Å². The first-order chi connectivity index (χ1) is 11.6. The van der Waals surface area contributed by atoms with Crippen molar-refractivity contribution in [2.75, 3.05) is 12.3 Å². The lowest BCUT2D eigenvalue weighted by Crippen LogP contribution is -2.44. The van der Waals surface area contributed by atoms with Crippen LogP contribution < -0.4 is 16.8 Å². The molecule has 25 heavy (non-hydrogen) atoms. The predicted molar refractivity (Wildman–Crippen MR) is 88.4 cm³/mol. The third kappa shape index (κ3) is 6.49. The van der Waals surface area contributed by atoms with E-state index in [1.807, 2.05) is 0 Å². The molecule has 0 aliphatic rings. The molecule has 0 heterocycles. The molecule has 11 heteroatoms. The summed E-state index contributed by atoms with van der Waals surface area (Å²) >= 11 is 0.950. The zero-order valence-corrected chi connectivity index (χ0v) is 13.8. The van der Waals surface area contributed by atoms with Gasteiger partial charge < -0.3 is 37.2 Å². The summed E-state index contributed by atoms with van der Waals surface area (Å²) in [5, 5.41) is 39.0. The smallest absolute Gasteiger partial charge is 0.322 e. The molecule has 0 bridgehead atoms. The van der Waals surface area contributed by atoms with E-state index in [0.29, 0.717) is 5.56 Å². The number of rotatable bonds is 9. The number of hydrogen-bond donors (Lipinski definition) is 7. The van der Waals surface area contributed by atoms with Gasteiger partial charge in [-0.15, -0.1) is 11.8 Å². The van der Waals surface area contributed by atoms with Crippen LogP contribution in [0.2, 0.25) is 0 Å². The van der Waals surface area contributed by atoms with E-state index >= 15 is 0 Å². The number of carboxylic acid groups (broad SMARTS) is 2. The minimum absolute atomic E-state index is 0.00705. The molecule has 0 aliphatic carbocycles. The molecule has 0 unspecified atom stereocenters. The minimum Gasteiger partial charge on any atom is -0.504 e. The Labute approximate surface area is 146 Å². The number of phenols is 2. The number of thioether (sulfide) groups is 1. The average molecular weight is 373 g/mol. The molecule has 0 saturated carbocycles. The summed E-state index contributed by atoms with van der Waals surface area (Å²) in [7, 11) is 0. The van der Waals surface area contributed by atoms with Gasteiger partial charge in [0.15, 0.2) is 11.5 Å². The van der Waals surface area contributed by atoms with Gasteiger partial charge in [0.1, 0.15) is 12.6 Å². The lowest BCUT2D eigenvalue weighted by Gasteiger charge is -2.14. The Morgan fingerprint density at radius 1 is 1.12 bits per heavy atom. The maximum Gasteiger partial charge on any atom is 0.322 e. The molecule has 0 aromatic heterocycles. The second-order valence-electron chi connectivity index (χ2n) is 5.14. The highest BCUT2D eigenvalue weighted by Gasteiger charge is 2.19. The Balaban J connectivity index is 2.77. The Hall–Kier alpha value is -2.50. The first-order valence-corrected chi connectivity index (χ1v) is 8.01. The molecule has 0 saturated heterocycles. The molecular formula is C14H19N3O7S. The van der Waals surface area contributed by atoms with Gasteiger partial charge in [0.2, 0.25) is 5.91 Å². The molecule has 138 valence electrons. The van der Waals surface area contributed by atoms with Gasteiger partial charge in [-0.25, -0.2) is 0 Å². The first kappa shape index (κ1) is 20.5. The van der Waals surface area contributed by atoms with E-state index in [0.717, 1.165) is 11.8 Å². The number of nitrogens with one attached hydrogen (secondary N) is 1. The Morgan fingerprint density at radius 3 is 2.32 bits per heavy atom. The van der Waals surface area contributed by atoms with Crippen molar-refractivity contribution >= 4 is 29.6 Å². The number of aromatic hydroxyl groups is 2. The van der Waals surface area contributed by atoms with E-state index in [-0.39, 0.29) is 17.1 Å². The highest BCUT2D eigenvalue weighted by Crippen LogP contribution is 2.37. The first-order valence-electron chi connectivity index (χ1n) is 7.03. The molecule has 0 fully saturated rings. The number of benzene rings is 1. The summed E-state index contributed by atoms with van der Waals surface area (Å²) in [6.07, 6.45) is -0.0676. The topological polar surface area (TPSA) is 196 Å². The summed E-state index contributed by atoms with van der Waals surface area (Å²) in [6.45, 7) is -0.564. The standard InChI is InChI=1S/C14H19N3O7S/c15-7(14(23)24)1-6-2-9(18)12(21)10(3-6)25-5-8(16)13(22)17-4-11(19)20/h2-3,7-8,18,21H,1,4-5,15-16H2,(H,17,22)(H,19,20)(H,23,24)/t7-,8-/m0/s1. The second-order valence-corrected chi connectivity index (χ2v) is 6.20. The predicted octanol–water partition coefficient (Wildman–Crippen LogP) is -1.33. The van der Waals surface area contributed by atoms with Crippen LogP contribution in [0.25, 0.3) is 0 Å². The van der Waals surface area contributed by atoms with Gasteiger partial charge in [-0.3, -0.25) is 14.4 Å². The Morgan fingerprint density at radius 2 is 1.76 bits per heavy atom. The van der Waals surface area contributed by atoms with Crippen LogP contribution in [0.15, 0.2) is 17.0 Å². The highest BCUT2D eigenvalue weighted by molar-refractivity contribution is 7.99. The molecule has 2 atom stereocenters. The number of carbonyl (C=O) groups excluding carboxylic acids is 1. The third-order valence-corrected chi connectivity index (χ3v) is 4.20. The van der Waals surface area contributed by atoms with Crippen molar-refractivity contribution in [3.63, 3.8) is 0 Å². The van der Waals surface area contributed by atoms with Crippen LogP contribution >= 0.6 is 11.8 Å². The summed E-state index contributed by atoms with van der Waals surface area (Å²) in [6, 6.07) is 0.410. The van der Waals surface area contributed by atoms with E-state index in [4.69, 9.17) is 21.7 Å². The Kier molecular flexibility index (Phi) is 7.48. The fourth-order valence-corrected chi connectivity index (χ4v) is 2.75. The van der Waals surface area contributed by atoms with E-state index in [1.165, 1.54) is 12.1 Å². The number of hydrogen-bond acceptors (Lipinski definition) is 8. The SMILES string of the molecule is N[C@@H](Cc1cc(O)c(O)c(SC[C@H](N)C(=O)NCC(=O)O)c1)C(=O)O. The van der Waals surface area contributed by atoms with Gasteiger partial charge in [0.05, 0.1) is 10.9 Å². The highest BCUT2D eigenvalue weighted by atomic mass is 32.2. The van der Waals surface area contributed by atoms with Gasteiger partial charge in [0, 0.05) is 5.75 Å².